The molecule has 1 aromatic heterocycles. The fourth-order valence-corrected chi connectivity index (χ4v) is 2.02. The Labute approximate surface area is 113 Å². The molecule has 4 nitrogen and oxygen atoms in total. The number of benzene rings is 1. The van der Waals surface area contributed by atoms with Crippen molar-refractivity contribution in [2.24, 2.45) is 0 Å². The molecule has 19 heavy (non-hydrogen) atoms. The molecule has 0 saturated heterocycles. The highest BCUT2D eigenvalue weighted by Gasteiger charge is 2.08. The van der Waals surface area contributed by atoms with E-state index in [9.17, 15) is 4.79 Å². The largest absolute Gasteiger partial charge is 0.465 e. The lowest BCUT2D eigenvalue weighted by Gasteiger charge is -2.10. The number of aromatic nitrogens is 2. The SMILES string of the molecule is COC(=O)c1ccc(Cn2ccnc2C(C)C)cc1. The minimum atomic E-state index is -0.308. The summed E-state index contributed by atoms with van der Waals surface area (Å²) in [7, 11) is 1.39. The minimum absolute atomic E-state index is 0.308. The molecular formula is C15H18N2O2. The fourth-order valence-electron chi connectivity index (χ4n) is 2.02. The maximum atomic E-state index is 11.3. The molecule has 4 heteroatoms. The Morgan fingerprint density at radius 1 is 1.32 bits per heavy atom. The topological polar surface area (TPSA) is 44.1 Å². The first-order valence-electron chi connectivity index (χ1n) is 6.30. The van der Waals surface area contributed by atoms with Crippen LogP contribution in [0.1, 0.15) is 41.5 Å². The standard InChI is InChI=1S/C15H18N2O2/c1-11(2)14-16-8-9-17(14)10-12-4-6-13(7-5-12)15(18)19-3/h4-9,11H,10H2,1-3H3. The van der Waals surface area contributed by atoms with Gasteiger partial charge in [-0.25, -0.2) is 9.78 Å². The molecule has 100 valence electrons. The van der Waals surface area contributed by atoms with Gasteiger partial charge in [-0.05, 0) is 17.7 Å². The first-order chi connectivity index (χ1) is 9.11. The molecular weight excluding hydrogens is 240 g/mol. The summed E-state index contributed by atoms with van der Waals surface area (Å²) < 4.78 is 6.80. The van der Waals surface area contributed by atoms with Crippen LogP contribution in [-0.4, -0.2) is 22.6 Å². The number of esters is 1. The monoisotopic (exact) mass is 258 g/mol. The number of rotatable bonds is 4. The van der Waals surface area contributed by atoms with Gasteiger partial charge in [0.2, 0.25) is 0 Å². The van der Waals surface area contributed by atoms with E-state index < -0.39 is 0 Å². The number of carbonyl (C=O) groups is 1. The van der Waals surface area contributed by atoms with Gasteiger partial charge in [-0.15, -0.1) is 0 Å². The van der Waals surface area contributed by atoms with Crippen LogP contribution in [0.2, 0.25) is 0 Å². The second-order valence-electron chi connectivity index (χ2n) is 4.76. The van der Waals surface area contributed by atoms with Crippen molar-refractivity contribution in [3.63, 3.8) is 0 Å². The molecule has 0 radical (unpaired) electrons. The van der Waals surface area contributed by atoms with Gasteiger partial charge in [-0.2, -0.15) is 0 Å². The summed E-state index contributed by atoms with van der Waals surface area (Å²) in [5.41, 5.74) is 1.70. The van der Waals surface area contributed by atoms with Crippen LogP contribution in [0, 0.1) is 0 Å². The van der Waals surface area contributed by atoms with E-state index in [1.54, 1.807) is 12.1 Å². The van der Waals surface area contributed by atoms with Gasteiger partial charge in [0.1, 0.15) is 5.82 Å². The van der Waals surface area contributed by atoms with E-state index in [2.05, 4.69) is 28.1 Å². The Morgan fingerprint density at radius 2 is 2.00 bits per heavy atom. The van der Waals surface area contributed by atoms with Crippen molar-refractivity contribution in [1.82, 2.24) is 9.55 Å². The second-order valence-corrected chi connectivity index (χ2v) is 4.76. The van der Waals surface area contributed by atoms with E-state index in [1.165, 1.54) is 7.11 Å². The number of imidazole rings is 1. The van der Waals surface area contributed by atoms with Gasteiger partial charge in [-0.3, -0.25) is 0 Å². The minimum Gasteiger partial charge on any atom is -0.465 e. The molecule has 1 aromatic carbocycles. The van der Waals surface area contributed by atoms with Crippen molar-refractivity contribution >= 4 is 5.97 Å². The number of hydrogen-bond acceptors (Lipinski definition) is 3. The number of ether oxygens (including phenoxy) is 1. The van der Waals surface area contributed by atoms with Crippen molar-refractivity contribution in [1.29, 1.82) is 0 Å². The predicted octanol–water partition coefficient (Wildman–Crippen LogP) is 2.84. The lowest BCUT2D eigenvalue weighted by Crippen LogP contribution is -2.06. The average molecular weight is 258 g/mol. The Bertz CT molecular complexity index is 556. The van der Waals surface area contributed by atoms with E-state index in [0.717, 1.165) is 17.9 Å². The zero-order valence-electron chi connectivity index (χ0n) is 11.5. The second kappa shape index (κ2) is 5.69. The fraction of sp³-hybridized carbons (Fsp3) is 0.333. The van der Waals surface area contributed by atoms with Gasteiger partial charge in [-0.1, -0.05) is 26.0 Å². The highest BCUT2D eigenvalue weighted by molar-refractivity contribution is 5.89. The summed E-state index contributed by atoms with van der Waals surface area (Å²) in [4.78, 5) is 15.7. The summed E-state index contributed by atoms with van der Waals surface area (Å²) in [5, 5.41) is 0. The molecule has 0 aliphatic carbocycles. The van der Waals surface area contributed by atoms with E-state index >= 15 is 0 Å². The van der Waals surface area contributed by atoms with Gasteiger partial charge in [0.15, 0.2) is 0 Å². The van der Waals surface area contributed by atoms with Crippen LogP contribution in [-0.2, 0) is 11.3 Å². The van der Waals surface area contributed by atoms with Crippen LogP contribution >= 0.6 is 0 Å². The Hall–Kier alpha value is -2.10. The molecule has 0 bridgehead atoms. The normalized spacial score (nSPS) is 10.7. The Kier molecular flexibility index (Phi) is 4.00. The molecule has 0 aliphatic heterocycles. The first kappa shape index (κ1) is 13.3. The molecule has 1 heterocycles. The lowest BCUT2D eigenvalue weighted by molar-refractivity contribution is 0.0600. The molecule has 0 aliphatic rings. The van der Waals surface area contributed by atoms with E-state index in [-0.39, 0.29) is 5.97 Å². The van der Waals surface area contributed by atoms with Gasteiger partial charge in [0.25, 0.3) is 0 Å². The summed E-state index contributed by atoms with van der Waals surface area (Å²) in [6, 6.07) is 7.45. The number of hydrogen-bond donors (Lipinski definition) is 0. The summed E-state index contributed by atoms with van der Waals surface area (Å²) in [5.74, 6) is 1.15. The van der Waals surface area contributed by atoms with E-state index in [0.29, 0.717) is 11.5 Å². The third-order valence-corrected chi connectivity index (χ3v) is 2.99. The van der Waals surface area contributed by atoms with Gasteiger partial charge < -0.3 is 9.30 Å². The molecule has 0 saturated carbocycles. The van der Waals surface area contributed by atoms with Crippen molar-refractivity contribution in [2.75, 3.05) is 7.11 Å². The van der Waals surface area contributed by atoms with Crippen LogP contribution in [0.25, 0.3) is 0 Å². The van der Waals surface area contributed by atoms with Crippen molar-refractivity contribution in [2.45, 2.75) is 26.3 Å². The van der Waals surface area contributed by atoms with Crippen LogP contribution in [0.3, 0.4) is 0 Å². The molecule has 2 aromatic rings. The molecule has 0 amide bonds. The van der Waals surface area contributed by atoms with Crippen molar-refractivity contribution in [3.05, 3.63) is 53.6 Å². The number of methoxy groups -OCH3 is 1. The average Bonchev–Trinajstić information content (AvgIpc) is 2.87. The van der Waals surface area contributed by atoms with E-state index in [4.69, 9.17) is 0 Å². The van der Waals surface area contributed by atoms with Crippen molar-refractivity contribution in [3.8, 4) is 0 Å². The van der Waals surface area contributed by atoms with Crippen molar-refractivity contribution < 1.29 is 9.53 Å². The lowest BCUT2D eigenvalue weighted by atomic mass is 10.1. The molecule has 0 N–H and O–H groups in total. The summed E-state index contributed by atoms with van der Waals surface area (Å²) >= 11 is 0. The summed E-state index contributed by atoms with van der Waals surface area (Å²) in [6.45, 7) is 5.01. The zero-order chi connectivity index (χ0) is 13.8. The quantitative estimate of drug-likeness (QED) is 0.792. The summed E-state index contributed by atoms with van der Waals surface area (Å²) in [6.07, 6.45) is 3.79. The highest BCUT2D eigenvalue weighted by atomic mass is 16.5. The third kappa shape index (κ3) is 3.02. The number of carbonyl (C=O) groups excluding carboxylic acids is 1. The predicted molar refractivity (Wildman–Crippen MR) is 73.2 cm³/mol. The van der Waals surface area contributed by atoms with Crippen LogP contribution < -0.4 is 0 Å². The molecule has 0 fully saturated rings. The first-order valence-corrected chi connectivity index (χ1v) is 6.30. The maximum absolute atomic E-state index is 11.3. The maximum Gasteiger partial charge on any atom is 0.337 e. The van der Waals surface area contributed by atoms with Gasteiger partial charge in [0.05, 0.1) is 12.7 Å². The van der Waals surface area contributed by atoms with E-state index in [1.807, 2.05) is 24.5 Å². The smallest absolute Gasteiger partial charge is 0.337 e. The molecule has 0 spiro atoms. The van der Waals surface area contributed by atoms with Gasteiger partial charge in [0, 0.05) is 24.9 Å². The third-order valence-electron chi connectivity index (χ3n) is 2.99. The van der Waals surface area contributed by atoms with Crippen LogP contribution in [0.4, 0.5) is 0 Å². The number of nitrogens with zero attached hydrogens (tertiary/aromatic N) is 2. The van der Waals surface area contributed by atoms with Crippen LogP contribution in [0.5, 0.6) is 0 Å². The molecule has 0 atom stereocenters. The van der Waals surface area contributed by atoms with Gasteiger partial charge >= 0.3 is 5.97 Å². The Morgan fingerprint density at radius 3 is 2.58 bits per heavy atom. The highest BCUT2D eigenvalue weighted by Crippen LogP contribution is 2.14. The molecule has 2 rings (SSSR count). The molecule has 0 unspecified atom stereocenters. The van der Waals surface area contributed by atoms with Crippen LogP contribution in [0.15, 0.2) is 36.7 Å². The Balaban J connectivity index is 2.15. The zero-order valence-corrected chi connectivity index (χ0v) is 11.5.